The molecule has 1 aromatic rings. The van der Waals surface area contributed by atoms with E-state index in [9.17, 15) is 18.0 Å². The zero-order chi connectivity index (χ0) is 11.9. The van der Waals surface area contributed by atoms with Gasteiger partial charge in [-0.25, -0.2) is 0 Å². The van der Waals surface area contributed by atoms with E-state index in [2.05, 4.69) is 0 Å². The molecule has 1 aliphatic carbocycles. The molecule has 0 aliphatic heterocycles. The van der Waals surface area contributed by atoms with Crippen molar-refractivity contribution in [2.45, 2.75) is 25.4 Å². The number of carbonyl (C=O) groups is 1. The van der Waals surface area contributed by atoms with Gasteiger partial charge in [0.1, 0.15) is 5.78 Å². The fourth-order valence-electron chi connectivity index (χ4n) is 1.96. The Morgan fingerprint density at radius 1 is 1.38 bits per heavy atom. The van der Waals surface area contributed by atoms with Gasteiger partial charge in [0.25, 0.3) is 0 Å². The summed E-state index contributed by atoms with van der Waals surface area (Å²) in [5.74, 6) is -0.0364. The van der Waals surface area contributed by atoms with Crippen molar-refractivity contribution >= 4 is 5.78 Å². The van der Waals surface area contributed by atoms with Crippen LogP contribution in [0.2, 0.25) is 0 Å². The average molecular weight is 228 g/mol. The van der Waals surface area contributed by atoms with Crippen molar-refractivity contribution in [3.63, 3.8) is 0 Å². The van der Waals surface area contributed by atoms with Crippen LogP contribution in [0.1, 0.15) is 30.4 Å². The lowest BCUT2D eigenvalue weighted by Gasteiger charge is -2.08. The van der Waals surface area contributed by atoms with E-state index >= 15 is 0 Å². The van der Waals surface area contributed by atoms with E-state index in [0.29, 0.717) is 12.0 Å². The minimum absolute atomic E-state index is 0.0141. The first kappa shape index (κ1) is 11.2. The summed E-state index contributed by atoms with van der Waals surface area (Å²) in [6.45, 7) is 1.48. The Labute approximate surface area is 91.3 Å². The van der Waals surface area contributed by atoms with Gasteiger partial charge in [-0.05, 0) is 30.9 Å². The smallest absolute Gasteiger partial charge is 0.300 e. The van der Waals surface area contributed by atoms with E-state index in [1.165, 1.54) is 13.0 Å². The van der Waals surface area contributed by atoms with E-state index in [1.54, 1.807) is 6.07 Å². The van der Waals surface area contributed by atoms with E-state index in [4.69, 9.17) is 0 Å². The first-order chi connectivity index (χ1) is 7.39. The largest absolute Gasteiger partial charge is 0.416 e. The molecule has 1 nitrogen and oxygen atoms in total. The summed E-state index contributed by atoms with van der Waals surface area (Å²) in [7, 11) is 0. The van der Waals surface area contributed by atoms with Gasteiger partial charge in [-0.1, -0.05) is 18.2 Å². The van der Waals surface area contributed by atoms with Crippen molar-refractivity contribution in [1.82, 2.24) is 0 Å². The van der Waals surface area contributed by atoms with Crippen LogP contribution in [0.25, 0.3) is 0 Å². The Balaban J connectivity index is 2.22. The Morgan fingerprint density at radius 3 is 2.56 bits per heavy atom. The molecule has 86 valence electrons. The molecular weight excluding hydrogens is 217 g/mol. The lowest BCUT2D eigenvalue weighted by Crippen LogP contribution is -2.05. The van der Waals surface area contributed by atoms with Gasteiger partial charge < -0.3 is 0 Å². The Bertz CT molecular complexity index is 423. The number of alkyl halides is 3. The van der Waals surface area contributed by atoms with Crippen molar-refractivity contribution in [3.05, 3.63) is 35.4 Å². The quantitative estimate of drug-likeness (QED) is 0.758. The third kappa shape index (κ3) is 2.10. The Hall–Kier alpha value is -1.32. The van der Waals surface area contributed by atoms with Gasteiger partial charge in [0.15, 0.2) is 0 Å². The minimum Gasteiger partial charge on any atom is -0.300 e. The van der Waals surface area contributed by atoms with Crippen molar-refractivity contribution < 1.29 is 18.0 Å². The molecule has 0 radical (unpaired) electrons. The fraction of sp³-hybridized carbons (Fsp3) is 0.417. The highest BCUT2D eigenvalue weighted by atomic mass is 19.4. The zero-order valence-corrected chi connectivity index (χ0v) is 8.71. The van der Waals surface area contributed by atoms with Gasteiger partial charge in [0.2, 0.25) is 0 Å². The lowest BCUT2D eigenvalue weighted by atomic mass is 10.0. The predicted octanol–water partition coefficient (Wildman–Crippen LogP) is 3.40. The topological polar surface area (TPSA) is 17.1 Å². The monoisotopic (exact) mass is 228 g/mol. The molecule has 0 N–H and O–H groups in total. The molecule has 2 unspecified atom stereocenters. The van der Waals surface area contributed by atoms with Gasteiger partial charge in [-0.15, -0.1) is 0 Å². The summed E-state index contributed by atoms with van der Waals surface area (Å²) in [5.41, 5.74) is -0.0192. The molecule has 16 heavy (non-hydrogen) atoms. The van der Waals surface area contributed by atoms with Gasteiger partial charge in [0, 0.05) is 5.92 Å². The molecule has 1 saturated carbocycles. The second kappa shape index (κ2) is 3.61. The predicted molar refractivity (Wildman–Crippen MR) is 53.0 cm³/mol. The molecule has 0 amide bonds. The zero-order valence-electron chi connectivity index (χ0n) is 8.71. The lowest BCUT2D eigenvalue weighted by molar-refractivity contribution is -0.137. The maximum atomic E-state index is 12.4. The highest BCUT2D eigenvalue weighted by Crippen LogP contribution is 2.48. The maximum Gasteiger partial charge on any atom is 0.416 e. The van der Waals surface area contributed by atoms with Crippen molar-refractivity contribution in [2.24, 2.45) is 5.92 Å². The van der Waals surface area contributed by atoms with E-state index < -0.39 is 11.7 Å². The third-order valence-corrected chi connectivity index (χ3v) is 2.95. The highest BCUT2D eigenvalue weighted by Gasteiger charge is 2.42. The van der Waals surface area contributed by atoms with Crippen LogP contribution in [0, 0.1) is 5.92 Å². The third-order valence-electron chi connectivity index (χ3n) is 2.95. The standard InChI is InChI=1S/C12H11F3O/c1-7(16)10-6-11(10)8-3-2-4-9(5-8)12(13,14)15/h2-5,10-11H,6H2,1H3. The molecule has 0 saturated heterocycles. The summed E-state index contributed by atoms with van der Waals surface area (Å²) in [6.07, 6.45) is -3.63. The first-order valence-corrected chi connectivity index (χ1v) is 5.07. The van der Waals surface area contributed by atoms with Crippen molar-refractivity contribution in [2.75, 3.05) is 0 Å². The van der Waals surface area contributed by atoms with Gasteiger partial charge in [0.05, 0.1) is 5.56 Å². The molecule has 0 bridgehead atoms. The fourth-order valence-corrected chi connectivity index (χ4v) is 1.96. The van der Waals surface area contributed by atoms with Crippen LogP contribution in [0.4, 0.5) is 13.2 Å². The minimum atomic E-state index is -4.31. The Kier molecular flexibility index (Phi) is 2.52. The second-order valence-electron chi connectivity index (χ2n) is 4.18. The molecule has 0 aromatic heterocycles. The summed E-state index contributed by atoms with van der Waals surface area (Å²) in [5, 5.41) is 0. The van der Waals surface area contributed by atoms with Crippen LogP contribution in [-0.4, -0.2) is 5.78 Å². The van der Waals surface area contributed by atoms with Crippen LogP contribution in [0.3, 0.4) is 0 Å². The number of rotatable bonds is 2. The van der Waals surface area contributed by atoms with Crippen LogP contribution >= 0.6 is 0 Å². The highest BCUT2D eigenvalue weighted by molar-refractivity contribution is 5.82. The Morgan fingerprint density at radius 2 is 2.06 bits per heavy atom. The molecule has 0 spiro atoms. The maximum absolute atomic E-state index is 12.4. The molecule has 1 fully saturated rings. The number of carbonyl (C=O) groups excluding carboxylic acids is 1. The number of hydrogen-bond acceptors (Lipinski definition) is 1. The van der Waals surface area contributed by atoms with E-state index in [1.807, 2.05) is 0 Å². The molecule has 2 atom stereocenters. The number of halogens is 3. The first-order valence-electron chi connectivity index (χ1n) is 5.07. The number of Topliss-reactive ketones (excluding diaryl/α,β-unsaturated/α-hetero) is 1. The van der Waals surface area contributed by atoms with Crippen LogP contribution < -0.4 is 0 Å². The van der Waals surface area contributed by atoms with Crippen LogP contribution in [0.15, 0.2) is 24.3 Å². The van der Waals surface area contributed by atoms with E-state index in [0.717, 1.165) is 12.1 Å². The normalized spacial score (nSPS) is 24.2. The summed E-state index contributed by atoms with van der Waals surface area (Å²) in [4.78, 5) is 11.0. The summed E-state index contributed by atoms with van der Waals surface area (Å²) < 4.78 is 37.3. The van der Waals surface area contributed by atoms with Gasteiger partial charge >= 0.3 is 6.18 Å². The molecule has 1 aliphatic rings. The number of ketones is 1. The molecule has 2 rings (SSSR count). The van der Waals surface area contributed by atoms with Crippen LogP contribution in [0.5, 0.6) is 0 Å². The average Bonchev–Trinajstić information content (AvgIpc) is 2.96. The van der Waals surface area contributed by atoms with Crippen molar-refractivity contribution in [1.29, 1.82) is 0 Å². The van der Waals surface area contributed by atoms with E-state index in [-0.39, 0.29) is 17.6 Å². The van der Waals surface area contributed by atoms with Crippen molar-refractivity contribution in [3.8, 4) is 0 Å². The molecular formula is C12H11F3O. The summed E-state index contributed by atoms with van der Waals surface area (Å²) >= 11 is 0. The second-order valence-corrected chi connectivity index (χ2v) is 4.18. The summed E-state index contributed by atoms with van der Waals surface area (Å²) in [6, 6.07) is 5.25. The number of hydrogen-bond donors (Lipinski definition) is 0. The molecule has 4 heteroatoms. The SMILES string of the molecule is CC(=O)C1CC1c1cccc(C(F)(F)F)c1. The molecule has 0 heterocycles. The molecule has 1 aromatic carbocycles. The van der Waals surface area contributed by atoms with Crippen LogP contribution in [-0.2, 0) is 11.0 Å². The van der Waals surface area contributed by atoms with Gasteiger partial charge in [-0.2, -0.15) is 13.2 Å². The van der Waals surface area contributed by atoms with Gasteiger partial charge in [-0.3, -0.25) is 4.79 Å². The number of benzene rings is 1.